The van der Waals surface area contributed by atoms with E-state index in [2.05, 4.69) is 36.7 Å². The maximum atomic E-state index is 12.4. The van der Waals surface area contributed by atoms with Crippen LogP contribution in [0.4, 0.5) is 0 Å². The summed E-state index contributed by atoms with van der Waals surface area (Å²) in [5.74, 6) is -0.272. The summed E-state index contributed by atoms with van der Waals surface area (Å²) >= 11 is 3.33. The Morgan fingerprint density at radius 2 is 1.73 bits per heavy atom. The minimum absolute atomic E-state index is 0.0173. The molecule has 2 rings (SSSR count). The third-order valence-electron chi connectivity index (χ3n) is 3.87. The highest BCUT2D eigenvalue weighted by Crippen LogP contribution is 2.23. The number of carbonyl (C=O) groups excluding carboxylic acids is 2. The minimum Gasteiger partial charge on any atom is -0.482 e. The van der Waals surface area contributed by atoms with Gasteiger partial charge in [-0.05, 0) is 36.1 Å². The van der Waals surface area contributed by atoms with Crippen LogP contribution in [0, 0.1) is 0 Å². The fourth-order valence-electron chi connectivity index (χ4n) is 2.35. The van der Waals surface area contributed by atoms with Crippen LogP contribution in [-0.4, -0.2) is 24.5 Å². The molecular formula is C21H23BrO4. The number of hydrogen-bond donors (Lipinski definition) is 0. The lowest BCUT2D eigenvalue weighted by Crippen LogP contribution is -2.27. The zero-order chi connectivity index (χ0) is 19.3. The van der Waals surface area contributed by atoms with Crippen molar-refractivity contribution in [2.45, 2.75) is 39.2 Å². The lowest BCUT2D eigenvalue weighted by atomic mass is 9.86. The number of ether oxygens (including phenoxy) is 2. The van der Waals surface area contributed by atoms with Crippen LogP contribution in [-0.2, 0) is 14.9 Å². The zero-order valence-corrected chi connectivity index (χ0v) is 17.0. The monoisotopic (exact) mass is 418 g/mol. The van der Waals surface area contributed by atoms with E-state index in [0.717, 1.165) is 10.0 Å². The Balaban J connectivity index is 1.90. The van der Waals surface area contributed by atoms with E-state index in [4.69, 9.17) is 9.47 Å². The van der Waals surface area contributed by atoms with E-state index in [-0.39, 0.29) is 17.8 Å². The first-order valence-corrected chi connectivity index (χ1v) is 9.19. The van der Waals surface area contributed by atoms with Crippen LogP contribution >= 0.6 is 15.9 Å². The summed E-state index contributed by atoms with van der Waals surface area (Å²) in [7, 11) is 0. The highest BCUT2D eigenvalue weighted by Gasteiger charge is 2.21. The number of hydrogen-bond acceptors (Lipinski definition) is 4. The maximum Gasteiger partial charge on any atom is 0.344 e. The topological polar surface area (TPSA) is 52.6 Å². The normalized spacial score (nSPS) is 12.3. The Labute approximate surface area is 162 Å². The number of carbonyl (C=O) groups is 2. The van der Waals surface area contributed by atoms with Gasteiger partial charge in [-0.3, -0.25) is 4.79 Å². The largest absolute Gasteiger partial charge is 0.482 e. The van der Waals surface area contributed by atoms with Crippen molar-refractivity contribution in [3.63, 3.8) is 0 Å². The molecule has 0 heterocycles. The van der Waals surface area contributed by atoms with Gasteiger partial charge < -0.3 is 9.47 Å². The van der Waals surface area contributed by atoms with Gasteiger partial charge in [-0.15, -0.1) is 0 Å². The van der Waals surface area contributed by atoms with E-state index in [1.165, 1.54) is 0 Å². The number of rotatable bonds is 6. The highest BCUT2D eigenvalue weighted by molar-refractivity contribution is 9.10. The van der Waals surface area contributed by atoms with Gasteiger partial charge in [-0.1, -0.05) is 67.0 Å². The predicted octanol–water partition coefficient (Wildman–Crippen LogP) is 4.94. The van der Waals surface area contributed by atoms with Crippen molar-refractivity contribution in [2.75, 3.05) is 6.61 Å². The van der Waals surface area contributed by atoms with Crippen molar-refractivity contribution < 1.29 is 19.1 Å². The lowest BCUT2D eigenvalue weighted by molar-refractivity contribution is -0.148. The van der Waals surface area contributed by atoms with Crippen molar-refractivity contribution >= 4 is 27.7 Å². The van der Waals surface area contributed by atoms with Gasteiger partial charge in [0.1, 0.15) is 5.75 Å². The maximum absolute atomic E-state index is 12.4. The molecule has 0 spiro atoms. The second kappa shape index (κ2) is 8.49. The van der Waals surface area contributed by atoms with Crippen molar-refractivity contribution in [3.05, 3.63) is 64.1 Å². The van der Waals surface area contributed by atoms with Gasteiger partial charge in [0, 0.05) is 10.0 Å². The summed E-state index contributed by atoms with van der Waals surface area (Å²) in [6, 6.07) is 14.5. The molecule has 0 radical (unpaired) electrons. The predicted molar refractivity (Wildman–Crippen MR) is 105 cm³/mol. The van der Waals surface area contributed by atoms with Crippen molar-refractivity contribution in [2.24, 2.45) is 0 Å². The fraction of sp³-hybridized carbons (Fsp3) is 0.333. The van der Waals surface area contributed by atoms with Crippen molar-refractivity contribution in [1.82, 2.24) is 0 Å². The summed E-state index contributed by atoms with van der Waals surface area (Å²) in [5, 5.41) is 0. The number of esters is 1. The average molecular weight is 419 g/mol. The first kappa shape index (κ1) is 20.2. The smallest absolute Gasteiger partial charge is 0.344 e. The van der Waals surface area contributed by atoms with E-state index >= 15 is 0 Å². The zero-order valence-electron chi connectivity index (χ0n) is 15.4. The summed E-state index contributed by atoms with van der Waals surface area (Å²) in [5.41, 5.74) is 1.68. The number of ketones is 1. The third kappa shape index (κ3) is 5.70. The van der Waals surface area contributed by atoms with Gasteiger partial charge in [0.05, 0.1) is 0 Å². The SMILES string of the molecule is C[C@H](OC(=O)COc1cccc(Br)c1)C(=O)c1ccc(C(C)(C)C)cc1. The summed E-state index contributed by atoms with van der Waals surface area (Å²) in [6.07, 6.45) is -0.867. The van der Waals surface area contributed by atoms with Crippen LogP contribution in [0.5, 0.6) is 5.75 Å². The summed E-state index contributed by atoms with van der Waals surface area (Å²) in [4.78, 5) is 24.4. The molecule has 1 atom stereocenters. The second-order valence-corrected chi connectivity index (χ2v) is 7.99. The molecule has 0 saturated heterocycles. The molecule has 26 heavy (non-hydrogen) atoms. The molecule has 2 aromatic carbocycles. The van der Waals surface area contributed by atoms with E-state index in [1.807, 2.05) is 18.2 Å². The first-order valence-electron chi connectivity index (χ1n) is 8.39. The van der Waals surface area contributed by atoms with Crippen LogP contribution in [0.25, 0.3) is 0 Å². The second-order valence-electron chi connectivity index (χ2n) is 7.07. The number of Topliss-reactive ketones (excluding diaryl/α,β-unsaturated/α-hetero) is 1. The molecule has 0 fully saturated rings. The first-order chi connectivity index (χ1) is 12.2. The molecule has 0 aromatic heterocycles. The standard InChI is InChI=1S/C21H23BrO4/c1-14(20(24)15-8-10-16(11-9-15)21(2,3)4)26-19(23)13-25-18-7-5-6-17(22)12-18/h5-12,14H,13H2,1-4H3/t14-/m0/s1. The van der Waals surface area contributed by atoms with Gasteiger partial charge in [-0.2, -0.15) is 0 Å². The van der Waals surface area contributed by atoms with Crippen molar-refractivity contribution in [1.29, 1.82) is 0 Å². The molecule has 0 N–H and O–H groups in total. The van der Waals surface area contributed by atoms with E-state index < -0.39 is 12.1 Å². The van der Waals surface area contributed by atoms with Crippen molar-refractivity contribution in [3.8, 4) is 5.75 Å². The fourth-order valence-corrected chi connectivity index (χ4v) is 2.73. The van der Waals surface area contributed by atoms with E-state index in [9.17, 15) is 9.59 Å². The Bertz CT molecular complexity index is 775. The quantitative estimate of drug-likeness (QED) is 0.492. The highest BCUT2D eigenvalue weighted by atomic mass is 79.9. The Hall–Kier alpha value is -2.14. The lowest BCUT2D eigenvalue weighted by Gasteiger charge is -2.19. The Morgan fingerprint density at radius 3 is 2.31 bits per heavy atom. The molecule has 4 nitrogen and oxygen atoms in total. The van der Waals surface area contributed by atoms with Crippen LogP contribution in [0.2, 0.25) is 0 Å². The molecule has 0 amide bonds. The molecule has 0 aliphatic heterocycles. The number of halogens is 1. The number of benzene rings is 2. The van der Waals surface area contributed by atoms with Gasteiger partial charge >= 0.3 is 5.97 Å². The van der Waals surface area contributed by atoms with Gasteiger partial charge in [-0.25, -0.2) is 4.79 Å². The average Bonchev–Trinajstić information content (AvgIpc) is 2.58. The molecule has 0 saturated carbocycles. The van der Waals surface area contributed by atoms with E-state index in [1.54, 1.807) is 37.3 Å². The molecular weight excluding hydrogens is 396 g/mol. The molecule has 5 heteroatoms. The molecule has 0 aliphatic rings. The van der Waals surface area contributed by atoms with Gasteiger partial charge in [0.25, 0.3) is 0 Å². The molecule has 0 bridgehead atoms. The van der Waals surface area contributed by atoms with Crippen LogP contribution in [0.3, 0.4) is 0 Å². The van der Waals surface area contributed by atoms with Crippen LogP contribution < -0.4 is 4.74 Å². The van der Waals surface area contributed by atoms with Crippen LogP contribution in [0.1, 0.15) is 43.6 Å². The molecule has 2 aromatic rings. The molecule has 138 valence electrons. The molecule has 0 unspecified atom stereocenters. The van der Waals surface area contributed by atoms with Gasteiger partial charge in [0.2, 0.25) is 5.78 Å². The summed E-state index contributed by atoms with van der Waals surface area (Å²) in [6.45, 7) is 7.65. The van der Waals surface area contributed by atoms with Gasteiger partial charge in [0.15, 0.2) is 12.7 Å². The third-order valence-corrected chi connectivity index (χ3v) is 4.36. The molecule has 0 aliphatic carbocycles. The Kier molecular flexibility index (Phi) is 6.59. The minimum atomic E-state index is -0.867. The summed E-state index contributed by atoms with van der Waals surface area (Å²) < 4.78 is 11.4. The van der Waals surface area contributed by atoms with Crippen LogP contribution in [0.15, 0.2) is 53.0 Å². The Morgan fingerprint density at radius 1 is 1.08 bits per heavy atom. The van der Waals surface area contributed by atoms with E-state index in [0.29, 0.717) is 11.3 Å².